The molecule has 1 aromatic rings. The molecule has 17 heavy (non-hydrogen) atoms. The topological polar surface area (TPSA) is 50.7 Å². The van der Waals surface area contributed by atoms with E-state index in [0.717, 1.165) is 19.3 Å². The van der Waals surface area contributed by atoms with Gasteiger partial charge in [-0.05, 0) is 12.8 Å². The highest BCUT2D eigenvalue weighted by molar-refractivity contribution is 6.23. The number of nitrogens with one attached hydrogen (secondary N) is 1. The van der Waals surface area contributed by atoms with Crippen molar-refractivity contribution >= 4 is 29.2 Å². The average Bonchev–Trinajstić information content (AvgIpc) is 2.35. The van der Waals surface area contributed by atoms with Crippen molar-refractivity contribution < 1.29 is 0 Å². The maximum absolute atomic E-state index is 6.19. The molecule has 1 rings (SSSR count). The number of rotatable bonds is 8. The van der Waals surface area contributed by atoms with Crippen LogP contribution in [0.1, 0.15) is 32.6 Å². The van der Waals surface area contributed by atoms with Crippen LogP contribution < -0.4 is 5.32 Å². The Labute approximate surface area is 112 Å². The number of unbranched alkanes of at least 4 members (excludes halogenated alkanes) is 1. The van der Waals surface area contributed by atoms with Gasteiger partial charge in [0.2, 0.25) is 5.95 Å². The molecule has 0 fully saturated rings. The molecule has 0 radical (unpaired) electrons. The second-order valence-corrected chi connectivity index (χ2v) is 5.15. The van der Waals surface area contributed by atoms with Gasteiger partial charge in [0.15, 0.2) is 0 Å². The monoisotopic (exact) mass is 276 g/mol. The molecule has 96 valence electrons. The van der Waals surface area contributed by atoms with E-state index in [2.05, 4.69) is 27.2 Å². The quantitative estimate of drug-likeness (QED) is 0.742. The summed E-state index contributed by atoms with van der Waals surface area (Å²) in [4.78, 5) is 11.6. The Morgan fingerprint density at radius 3 is 2.59 bits per heavy atom. The molecule has 0 aliphatic rings. The molecule has 0 aliphatic heterocycles. The third-order valence-electron chi connectivity index (χ3n) is 2.36. The molecular weight excluding hydrogens is 259 g/mol. The number of alkyl halides is 2. The van der Waals surface area contributed by atoms with Crippen LogP contribution in [0.3, 0.4) is 0 Å². The van der Waals surface area contributed by atoms with Crippen molar-refractivity contribution in [2.45, 2.75) is 43.4 Å². The highest BCUT2D eigenvalue weighted by Gasteiger charge is 2.12. The fraction of sp³-hybridized carbons (Fsp3) is 0.727. The van der Waals surface area contributed by atoms with E-state index in [1.165, 1.54) is 19.1 Å². The second-order valence-electron chi connectivity index (χ2n) is 3.92. The molecule has 0 saturated heterocycles. The van der Waals surface area contributed by atoms with Crippen molar-refractivity contribution in [1.82, 2.24) is 15.0 Å². The molecule has 1 aromatic heterocycles. The molecule has 2 atom stereocenters. The van der Waals surface area contributed by atoms with Crippen LogP contribution in [0.5, 0.6) is 0 Å². The van der Waals surface area contributed by atoms with Crippen molar-refractivity contribution in [3.05, 3.63) is 12.7 Å². The molecule has 4 nitrogen and oxygen atoms in total. The Bertz CT molecular complexity index is 297. The number of nitrogens with zero attached hydrogens (tertiary/aromatic N) is 3. The lowest BCUT2D eigenvalue weighted by Gasteiger charge is -2.14. The first kappa shape index (κ1) is 14.5. The van der Waals surface area contributed by atoms with E-state index in [0.29, 0.717) is 12.5 Å². The van der Waals surface area contributed by atoms with Gasteiger partial charge in [0.1, 0.15) is 12.7 Å². The van der Waals surface area contributed by atoms with Gasteiger partial charge in [0, 0.05) is 11.9 Å². The fourth-order valence-corrected chi connectivity index (χ4v) is 2.19. The van der Waals surface area contributed by atoms with Gasteiger partial charge in [-0.25, -0.2) is 15.0 Å². The fourth-order valence-electron chi connectivity index (χ4n) is 1.44. The largest absolute Gasteiger partial charge is 0.353 e. The van der Waals surface area contributed by atoms with Gasteiger partial charge < -0.3 is 5.32 Å². The van der Waals surface area contributed by atoms with Gasteiger partial charge >= 0.3 is 0 Å². The van der Waals surface area contributed by atoms with Crippen LogP contribution in [0, 0.1) is 0 Å². The third-order valence-corrected chi connectivity index (χ3v) is 3.09. The summed E-state index contributed by atoms with van der Waals surface area (Å²) >= 11 is 12.4. The Hall–Kier alpha value is -0.610. The van der Waals surface area contributed by atoms with Crippen LogP contribution in [0.25, 0.3) is 0 Å². The Kier molecular flexibility index (Phi) is 7.21. The minimum absolute atomic E-state index is 0.00822. The van der Waals surface area contributed by atoms with Crippen LogP contribution in [-0.2, 0) is 0 Å². The van der Waals surface area contributed by atoms with Gasteiger partial charge in [-0.1, -0.05) is 19.8 Å². The standard InChI is InChI=1S/C11H18Cl2N4/c1-2-3-4-9(12)5-10(13)6-15-11-16-7-14-8-17-11/h7-10H,2-6H2,1H3,(H,14,15,16,17). The van der Waals surface area contributed by atoms with Crippen LogP contribution in [0.4, 0.5) is 5.95 Å². The van der Waals surface area contributed by atoms with Crippen LogP contribution in [-0.4, -0.2) is 32.3 Å². The minimum Gasteiger partial charge on any atom is -0.353 e. The zero-order valence-corrected chi connectivity index (χ0v) is 11.5. The summed E-state index contributed by atoms with van der Waals surface area (Å²) < 4.78 is 0. The number of anilines is 1. The first-order chi connectivity index (χ1) is 8.22. The molecule has 0 aromatic carbocycles. The Morgan fingerprint density at radius 2 is 1.94 bits per heavy atom. The zero-order chi connectivity index (χ0) is 12.5. The molecule has 0 amide bonds. The normalized spacial score (nSPS) is 14.3. The van der Waals surface area contributed by atoms with E-state index in [1.807, 2.05) is 0 Å². The third kappa shape index (κ3) is 6.64. The first-order valence-electron chi connectivity index (χ1n) is 5.86. The van der Waals surface area contributed by atoms with Gasteiger partial charge in [-0.2, -0.15) is 0 Å². The summed E-state index contributed by atoms with van der Waals surface area (Å²) in [5.41, 5.74) is 0. The Morgan fingerprint density at radius 1 is 1.24 bits per heavy atom. The Balaban J connectivity index is 2.19. The molecule has 6 heteroatoms. The summed E-state index contributed by atoms with van der Waals surface area (Å²) in [6.45, 7) is 2.77. The highest BCUT2D eigenvalue weighted by Crippen LogP contribution is 2.16. The lowest BCUT2D eigenvalue weighted by atomic mass is 10.1. The van der Waals surface area contributed by atoms with E-state index in [4.69, 9.17) is 23.2 Å². The van der Waals surface area contributed by atoms with Gasteiger partial charge in [0.25, 0.3) is 0 Å². The van der Waals surface area contributed by atoms with E-state index in [9.17, 15) is 0 Å². The molecule has 0 aliphatic carbocycles. The van der Waals surface area contributed by atoms with Crippen molar-refractivity contribution in [1.29, 1.82) is 0 Å². The predicted molar refractivity (Wildman–Crippen MR) is 71.7 cm³/mol. The van der Waals surface area contributed by atoms with E-state index >= 15 is 0 Å². The van der Waals surface area contributed by atoms with Gasteiger partial charge in [-0.15, -0.1) is 23.2 Å². The van der Waals surface area contributed by atoms with Crippen LogP contribution in [0.15, 0.2) is 12.7 Å². The summed E-state index contributed by atoms with van der Waals surface area (Å²) in [6.07, 6.45) is 7.03. The molecule has 1 heterocycles. The number of aromatic nitrogens is 3. The van der Waals surface area contributed by atoms with Crippen molar-refractivity contribution in [2.75, 3.05) is 11.9 Å². The van der Waals surface area contributed by atoms with Crippen molar-refractivity contribution in [2.24, 2.45) is 0 Å². The van der Waals surface area contributed by atoms with E-state index in [1.54, 1.807) is 0 Å². The lowest BCUT2D eigenvalue weighted by molar-refractivity contribution is 0.628. The lowest BCUT2D eigenvalue weighted by Crippen LogP contribution is -2.19. The first-order valence-corrected chi connectivity index (χ1v) is 6.73. The van der Waals surface area contributed by atoms with Crippen molar-refractivity contribution in [3.8, 4) is 0 Å². The molecule has 1 N–H and O–H groups in total. The highest BCUT2D eigenvalue weighted by atomic mass is 35.5. The van der Waals surface area contributed by atoms with E-state index < -0.39 is 0 Å². The van der Waals surface area contributed by atoms with E-state index in [-0.39, 0.29) is 10.8 Å². The van der Waals surface area contributed by atoms with Crippen LogP contribution in [0.2, 0.25) is 0 Å². The smallest absolute Gasteiger partial charge is 0.225 e. The van der Waals surface area contributed by atoms with Gasteiger partial charge in [0.05, 0.1) is 5.38 Å². The molecule has 2 unspecified atom stereocenters. The molecule has 0 bridgehead atoms. The molecule has 0 spiro atoms. The molecule has 0 saturated carbocycles. The second kappa shape index (κ2) is 8.48. The SMILES string of the molecule is CCCCC(Cl)CC(Cl)CNc1ncncn1. The van der Waals surface area contributed by atoms with Gasteiger partial charge in [-0.3, -0.25) is 0 Å². The summed E-state index contributed by atoms with van der Waals surface area (Å²) in [7, 11) is 0. The minimum atomic E-state index is -0.00822. The van der Waals surface area contributed by atoms with Crippen molar-refractivity contribution in [3.63, 3.8) is 0 Å². The summed E-state index contributed by atoms with van der Waals surface area (Å²) in [5.74, 6) is 0.547. The zero-order valence-electron chi connectivity index (χ0n) is 9.94. The number of hydrogen-bond acceptors (Lipinski definition) is 4. The maximum atomic E-state index is 6.19. The number of hydrogen-bond donors (Lipinski definition) is 1. The summed E-state index contributed by atoms with van der Waals surface area (Å²) in [5, 5.41) is 3.20. The van der Waals surface area contributed by atoms with Crippen LogP contribution >= 0.6 is 23.2 Å². The maximum Gasteiger partial charge on any atom is 0.225 e. The predicted octanol–water partition coefficient (Wildman–Crippen LogP) is 3.08. The molecular formula is C11H18Cl2N4. The number of halogens is 2. The average molecular weight is 277 g/mol. The summed E-state index contributed by atoms with van der Waals surface area (Å²) in [6, 6.07) is 0.